The summed E-state index contributed by atoms with van der Waals surface area (Å²) in [4.78, 5) is 27.8. The van der Waals surface area contributed by atoms with Crippen molar-refractivity contribution < 1.29 is 41.6 Å². The normalized spacial score (nSPS) is 22.4. The number of nitrogens with one attached hydrogen (secondary N) is 1. The Morgan fingerprint density at radius 2 is 1.95 bits per heavy atom. The van der Waals surface area contributed by atoms with Crippen LogP contribution in [0.4, 0.5) is 19.0 Å². The number of benzene rings is 2. The second-order valence-corrected chi connectivity index (χ2v) is 12.7. The first kappa shape index (κ1) is 30.9. The SMILES string of the molecule is CC(C)OC(=O)[C@H](C)NP(=S)(OC[C@H]1O[C@@H](n2cc(F)c(N)nc2=O)C(F)(F)[C@@H]1O)Oc1ccc2ccccc2c1. The Balaban J connectivity index is 1.58. The number of nitrogens with two attached hydrogens (primary N) is 1. The maximum absolute atomic E-state index is 15.0. The van der Waals surface area contributed by atoms with Crippen molar-refractivity contribution >= 4 is 41.0 Å². The van der Waals surface area contributed by atoms with Crippen molar-refractivity contribution in [1.29, 1.82) is 0 Å². The lowest BCUT2D eigenvalue weighted by molar-refractivity contribution is -0.149. The van der Waals surface area contributed by atoms with Crippen LogP contribution in [0.1, 0.15) is 27.0 Å². The number of carbonyl (C=O) groups excluding carboxylic acids is 1. The average Bonchev–Trinajstić information content (AvgIpc) is 3.12. The van der Waals surface area contributed by atoms with Crippen molar-refractivity contribution in [2.24, 2.45) is 0 Å². The van der Waals surface area contributed by atoms with E-state index in [0.717, 1.165) is 10.8 Å². The Labute approximate surface area is 237 Å². The molecule has 222 valence electrons. The van der Waals surface area contributed by atoms with Crippen LogP contribution >= 0.6 is 6.64 Å². The fourth-order valence-corrected chi connectivity index (χ4v) is 6.39. The number of aliphatic hydroxyl groups is 1. The molecular weight excluding hydrogens is 588 g/mol. The molecule has 0 bridgehead atoms. The monoisotopic (exact) mass is 616 g/mol. The molecule has 1 aliphatic heterocycles. The summed E-state index contributed by atoms with van der Waals surface area (Å²) in [5, 5.41) is 14.9. The number of aliphatic hydroxyl groups excluding tert-OH is 1. The molecular formula is C25H28F3N4O7PS. The van der Waals surface area contributed by atoms with Gasteiger partial charge in [0.15, 0.2) is 17.7 Å². The molecule has 2 heterocycles. The van der Waals surface area contributed by atoms with Crippen molar-refractivity contribution in [2.75, 3.05) is 12.3 Å². The maximum atomic E-state index is 15.0. The van der Waals surface area contributed by atoms with Crippen LogP contribution in [-0.4, -0.2) is 57.5 Å². The highest BCUT2D eigenvalue weighted by Crippen LogP contribution is 2.48. The van der Waals surface area contributed by atoms with Gasteiger partial charge in [0.2, 0.25) is 6.23 Å². The van der Waals surface area contributed by atoms with E-state index in [1.807, 2.05) is 24.3 Å². The van der Waals surface area contributed by atoms with Gasteiger partial charge >= 0.3 is 24.2 Å². The number of nitrogens with zero attached hydrogens (tertiary/aromatic N) is 2. The summed E-state index contributed by atoms with van der Waals surface area (Å²) in [5.74, 6) is -6.48. The Morgan fingerprint density at radius 1 is 1.27 bits per heavy atom. The third-order valence-corrected chi connectivity index (χ3v) is 8.48. The van der Waals surface area contributed by atoms with E-state index in [4.69, 9.17) is 36.1 Å². The Kier molecular flexibility index (Phi) is 9.07. The van der Waals surface area contributed by atoms with Gasteiger partial charge in [0.1, 0.15) is 17.9 Å². The lowest BCUT2D eigenvalue weighted by Crippen LogP contribution is -2.42. The molecule has 1 aliphatic rings. The number of halogens is 3. The first-order valence-corrected chi connectivity index (χ1v) is 15.0. The van der Waals surface area contributed by atoms with Gasteiger partial charge < -0.3 is 29.4 Å². The summed E-state index contributed by atoms with van der Waals surface area (Å²) in [7, 11) is 0. The van der Waals surface area contributed by atoms with E-state index in [1.165, 1.54) is 6.92 Å². The van der Waals surface area contributed by atoms with Crippen molar-refractivity contribution in [1.82, 2.24) is 14.6 Å². The van der Waals surface area contributed by atoms with Gasteiger partial charge in [0.05, 0.1) is 18.9 Å². The first-order valence-electron chi connectivity index (χ1n) is 12.4. The number of esters is 1. The molecule has 2 aromatic carbocycles. The number of hydrogen-bond donors (Lipinski definition) is 3. The third-order valence-electron chi connectivity index (χ3n) is 5.98. The van der Waals surface area contributed by atoms with Gasteiger partial charge in [-0.05, 0) is 55.5 Å². The van der Waals surface area contributed by atoms with Gasteiger partial charge in [-0.1, -0.05) is 30.3 Å². The van der Waals surface area contributed by atoms with Crippen molar-refractivity contribution in [3.05, 3.63) is 65.0 Å². The van der Waals surface area contributed by atoms with Gasteiger partial charge in [-0.25, -0.2) is 14.3 Å². The van der Waals surface area contributed by atoms with Crippen LogP contribution in [0, 0.1) is 5.82 Å². The second-order valence-electron chi connectivity index (χ2n) is 9.54. The molecule has 16 heteroatoms. The minimum atomic E-state index is -4.06. The Morgan fingerprint density at radius 3 is 2.63 bits per heavy atom. The first-order chi connectivity index (χ1) is 19.2. The summed E-state index contributed by atoms with van der Waals surface area (Å²) in [5.41, 5.74) is 3.91. The van der Waals surface area contributed by atoms with E-state index in [0.29, 0.717) is 6.20 Å². The number of alkyl halides is 2. The van der Waals surface area contributed by atoms with Gasteiger partial charge in [0, 0.05) is 0 Å². The summed E-state index contributed by atoms with van der Waals surface area (Å²) < 4.78 is 66.3. The van der Waals surface area contributed by atoms with Crippen molar-refractivity contribution in [3.8, 4) is 5.75 Å². The summed E-state index contributed by atoms with van der Waals surface area (Å²) in [6.07, 6.45) is -6.68. The van der Waals surface area contributed by atoms with E-state index < -0.39 is 73.0 Å². The third kappa shape index (κ3) is 6.88. The summed E-state index contributed by atoms with van der Waals surface area (Å²) >= 11 is 5.62. The van der Waals surface area contributed by atoms with E-state index in [9.17, 15) is 19.1 Å². The summed E-state index contributed by atoms with van der Waals surface area (Å²) in [6, 6.07) is 11.4. The Bertz CT molecular complexity index is 1540. The lowest BCUT2D eigenvalue weighted by atomic mass is 10.1. The quantitative estimate of drug-likeness (QED) is 0.228. The molecule has 0 spiro atoms. The zero-order chi connectivity index (χ0) is 30.1. The van der Waals surface area contributed by atoms with Gasteiger partial charge in [-0.15, -0.1) is 0 Å². The van der Waals surface area contributed by atoms with Crippen molar-refractivity contribution in [2.45, 2.75) is 57.3 Å². The van der Waals surface area contributed by atoms with Crippen LogP contribution in [0.3, 0.4) is 0 Å². The molecule has 0 radical (unpaired) electrons. The number of hydrogen-bond acceptors (Lipinski definition) is 10. The zero-order valence-corrected chi connectivity index (χ0v) is 23.8. The van der Waals surface area contributed by atoms with Gasteiger partial charge in [-0.2, -0.15) is 13.8 Å². The molecule has 0 aliphatic carbocycles. The lowest BCUT2D eigenvalue weighted by Gasteiger charge is -2.28. The van der Waals surface area contributed by atoms with Gasteiger partial charge in [0.25, 0.3) is 0 Å². The number of fused-ring (bicyclic) bond motifs is 1. The molecule has 4 rings (SSSR count). The molecule has 1 unspecified atom stereocenters. The molecule has 0 amide bonds. The predicted molar refractivity (Wildman–Crippen MR) is 146 cm³/mol. The topological polar surface area (TPSA) is 147 Å². The van der Waals surface area contributed by atoms with Crippen LogP contribution in [0.5, 0.6) is 5.75 Å². The van der Waals surface area contributed by atoms with E-state index in [2.05, 4.69) is 10.1 Å². The largest absolute Gasteiger partial charge is 0.462 e. The van der Waals surface area contributed by atoms with Crippen LogP contribution in [0.2, 0.25) is 0 Å². The van der Waals surface area contributed by atoms with Gasteiger partial charge in [-0.3, -0.25) is 9.36 Å². The number of aromatic nitrogens is 2. The molecule has 41 heavy (non-hydrogen) atoms. The van der Waals surface area contributed by atoms with E-state index in [-0.39, 0.29) is 10.3 Å². The molecule has 1 fully saturated rings. The highest BCUT2D eigenvalue weighted by atomic mass is 32.5. The molecule has 0 saturated carbocycles. The zero-order valence-electron chi connectivity index (χ0n) is 22.1. The fourth-order valence-electron chi connectivity index (χ4n) is 3.98. The van der Waals surface area contributed by atoms with E-state index in [1.54, 1.807) is 32.0 Å². The highest BCUT2D eigenvalue weighted by Gasteiger charge is 2.60. The number of ether oxygens (including phenoxy) is 2. The number of rotatable bonds is 10. The molecule has 11 nitrogen and oxygen atoms in total. The van der Waals surface area contributed by atoms with Crippen LogP contribution < -0.4 is 21.0 Å². The second kappa shape index (κ2) is 12.0. The Hall–Kier alpha value is -3.07. The average molecular weight is 617 g/mol. The van der Waals surface area contributed by atoms with Crippen LogP contribution in [-0.2, 0) is 30.6 Å². The standard InChI is InChI=1S/C25H28F3N4O7PS/c1-13(2)37-22(34)14(3)31-40(41,39-17-9-8-15-6-4-5-7-16(15)10-17)36-12-19-20(33)25(27,28)23(38-19)32-11-18(26)21(29)30-24(32)35/h4-11,13-14,19-20,23,33H,12H2,1-3H3,(H,31,41)(H2,29,30,35)/t14-,19+,20+,23+,40?/m0/s1. The highest BCUT2D eigenvalue weighted by molar-refractivity contribution is 8.09. The maximum Gasteiger partial charge on any atom is 0.352 e. The summed E-state index contributed by atoms with van der Waals surface area (Å²) in [6.45, 7) is 0.302. The fraction of sp³-hybridized carbons (Fsp3) is 0.400. The predicted octanol–water partition coefficient (Wildman–Crippen LogP) is 3.26. The number of nitrogen functional groups attached to an aromatic ring is 1. The molecule has 1 aromatic heterocycles. The number of anilines is 1. The minimum absolute atomic E-state index is 0.193. The minimum Gasteiger partial charge on any atom is -0.462 e. The van der Waals surface area contributed by atoms with Crippen LogP contribution in [0.15, 0.2) is 53.5 Å². The molecule has 3 aromatic rings. The molecule has 4 N–H and O–H groups in total. The van der Waals surface area contributed by atoms with E-state index >= 15 is 8.78 Å². The van der Waals surface area contributed by atoms with Crippen molar-refractivity contribution in [3.63, 3.8) is 0 Å². The smallest absolute Gasteiger partial charge is 0.352 e. The number of carbonyl (C=O) groups is 1. The van der Waals surface area contributed by atoms with Crippen LogP contribution in [0.25, 0.3) is 10.8 Å². The molecule has 5 atom stereocenters. The molecule has 1 saturated heterocycles.